The third-order valence-electron chi connectivity index (χ3n) is 5.53. The third kappa shape index (κ3) is 6.02. The van der Waals surface area contributed by atoms with Gasteiger partial charge in [0.1, 0.15) is 5.60 Å². The first-order valence-electron chi connectivity index (χ1n) is 9.85. The molecule has 2 aliphatic heterocycles. The number of aliphatic carboxylic acids is 1. The highest BCUT2D eigenvalue weighted by Crippen LogP contribution is 2.37. The summed E-state index contributed by atoms with van der Waals surface area (Å²) in [7, 11) is 0. The van der Waals surface area contributed by atoms with Gasteiger partial charge in [-0.2, -0.15) is 13.2 Å². The minimum absolute atomic E-state index is 0.0300. The molecule has 4 rings (SSSR count). The number of nitrogens with zero attached hydrogens (tertiary/aromatic N) is 3. The number of carboxylic acids is 1. The number of carbonyl (C=O) groups is 1. The van der Waals surface area contributed by atoms with Gasteiger partial charge in [0, 0.05) is 32.0 Å². The Bertz CT molecular complexity index is 662. The first-order chi connectivity index (χ1) is 13.8. The maximum atomic E-state index is 10.6. The number of hydrogen-bond donors (Lipinski definition) is 1. The Hall–Kier alpha value is -1.94. The van der Waals surface area contributed by atoms with Crippen molar-refractivity contribution < 1.29 is 32.5 Å². The first kappa shape index (κ1) is 21.8. The molecule has 162 valence electrons. The number of halogens is 3. The fourth-order valence-corrected chi connectivity index (χ4v) is 4.04. The Morgan fingerprint density at radius 3 is 2.45 bits per heavy atom. The van der Waals surface area contributed by atoms with E-state index in [9.17, 15) is 13.2 Å². The number of hydrogen-bond acceptors (Lipinski definition) is 6. The van der Waals surface area contributed by atoms with Crippen LogP contribution in [0.2, 0.25) is 0 Å². The largest absolute Gasteiger partial charge is 0.490 e. The summed E-state index contributed by atoms with van der Waals surface area (Å²) >= 11 is 0. The number of anilines is 1. The van der Waals surface area contributed by atoms with Crippen LogP contribution in [-0.4, -0.2) is 65.2 Å². The SMILES string of the molecule is O=C(O)C(F)(F)F.c1cnc(N2CC3(CC(OCC4CCCC4)CCO3)C2)nc1. The zero-order valence-corrected chi connectivity index (χ0v) is 16.1. The molecule has 1 aromatic rings. The number of alkyl halides is 3. The predicted molar refractivity (Wildman–Crippen MR) is 97.6 cm³/mol. The molecule has 1 N–H and O–H groups in total. The molecule has 1 aromatic heterocycles. The van der Waals surface area contributed by atoms with Crippen LogP contribution in [0, 0.1) is 5.92 Å². The van der Waals surface area contributed by atoms with Gasteiger partial charge in [0.25, 0.3) is 0 Å². The van der Waals surface area contributed by atoms with E-state index >= 15 is 0 Å². The van der Waals surface area contributed by atoms with Crippen molar-refractivity contribution in [2.24, 2.45) is 5.92 Å². The zero-order chi connectivity index (χ0) is 20.9. The summed E-state index contributed by atoms with van der Waals surface area (Å²) in [5.41, 5.74) is -0.0300. The molecule has 1 saturated carbocycles. The molecule has 1 unspecified atom stereocenters. The molecular weight excluding hydrogens is 391 g/mol. The van der Waals surface area contributed by atoms with Crippen LogP contribution in [0.4, 0.5) is 19.1 Å². The normalized spacial score (nSPS) is 24.0. The lowest BCUT2D eigenvalue weighted by Gasteiger charge is -2.53. The van der Waals surface area contributed by atoms with Gasteiger partial charge in [-0.05, 0) is 31.2 Å². The molecule has 1 spiro atoms. The van der Waals surface area contributed by atoms with Crippen molar-refractivity contribution in [3.8, 4) is 0 Å². The van der Waals surface area contributed by atoms with Crippen molar-refractivity contribution in [1.29, 1.82) is 0 Å². The summed E-state index contributed by atoms with van der Waals surface area (Å²) in [6, 6.07) is 1.85. The van der Waals surface area contributed by atoms with Crippen LogP contribution in [0.3, 0.4) is 0 Å². The lowest BCUT2D eigenvalue weighted by molar-refractivity contribution is -0.192. The van der Waals surface area contributed by atoms with Gasteiger partial charge in [-0.25, -0.2) is 14.8 Å². The second kappa shape index (κ2) is 9.25. The smallest absolute Gasteiger partial charge is 0.475 e. The number of rotatable bonds is 4. The summed E-state index contributed by atoms with van der Waals surface area (Å²) in [4.78, 5) is 19.7. The Labute approximate surface area is 167 Å². The monoisotopic (exact) mass is 417 g/mol. The quantitative estimate of drug-likeness (QED) is 0.806. The molecule has 0 radical (unpaired) electrons. The molecular formula is C19H26F3N3O4. The van der Waals surface area contributed by atoms with Crippen molar-refractivity contribution in [1.82, 2.24) is 9.97 Å². The second-order valence-corrected chi connectivity index (χ2v) is 7.84. The van der Waals surface area contributed by atoms with Gasteiger partial charge in [-0.1, -0.05) is 12.8 Å². The fourth-order valence-electron chi connectivity index (χ4n) is 4.04. The molecule has 2 saturated heterocycles. The fraction of sp³-hybridized carbons (Fsp3) is 0.737. The maximum absolute atomic E-state index is 10.6. The van der Waals surface area contributed by atoms with E-state index in [0.717, 1.165) is 51.0 Å². The summed E-state index contributed by atoms with van der Waals surface area (Å²) < 4.78 is 44.0. The summed E-state index contributed by atoms with van der Waals surface area (Å²) in [6.07, 6.45) is 6.41. The second-order valence-electron chi connectivity index (χ2n) is 7.84. The number of ether oxygens (including phenoxy) is 2. The first-order valence-corrected chi connectivity index (χ1v) is 9.85. The van der Waals surface area contributed by atoms with E-state index in [1.165, 1.54) is 25.7 Å². The standard InChI is InChI=1S/C17H25N3O2.C2HF3O2/c1-2-5-14(4-1)11-21-15-6-9-22-17(10-15)12-20(13-17)16-18-7-3-8-19-16;3-2(4,5)1(6)7/h3,7-8,14-15H,1-2,4-6,9-13H2;(H,6,7). The maximum Gasteiger partial charge on any atom is 0.490 e. The number of carboxylic acid groups (broad SMARTS) is 1. The Balaban J connectivity index is 0.000000298. The van der Waals surface area contributed by atoms with Crippen LogP contribution in [-0.2, 0) is 14.3 Å². The molecule has 10 heteroatoms. The van der Waals surface area contributed by atoms with E-state index in [0.29, 0.717) is 6.10 Å². The molecule has 1 aliphatic carbocycles. The average molecular weight is 417 g/mol. The minimum Gasteiger partial charge on any atom is -0.475 e. The van der Waals surface area contributed by atoms with Crippen molar-refractivity contribution in [2.75, 3.05) is 31.2 Å². The molecule has 3 fully saturated rings. The third-order valence-corrected chi connectivity index (χ3v) is 5.53. The van der Waals surface area contributed by atoms with Gasteiger partial charge in [0.2, 0.25) is 5.95 Å². The lowest BCUT2D eigenvalue weighted by Crippen LogP contribution is -2.66. The molecule has 29 heavy (non-hydrogen) atoms. The van der Waals surface area contributed by atoms with Gasteiger partial charge in [-0.3, -0.25) is 0 Å². The van der Waals surface area contributed by atoms with Gasteiger partial charge in [-0.15, -0.1) is 0 Å². The molecule has 0 amide bonds. The Morgan fingerprint density at radius 2 is 1.86 bits per heavy atom. The van der Waals surface area contributed by atoms with Crippen LogP contribution < -0.4 is 4.90 Å². The van der Waals surface area contributed by atoms with Crippen LogP contribution in [0.15, 0.2) is 18.5 Å². The highest BCUT2D eigenvalue weighted by atomic mass is 19.4. The topological polar surface area (TPSA) is 84.8 Å². The predicted octanol–water partition coefficient (Wildman–Crippen LogP) is 3.05. The van der Waals surface area contributed by atoms with Crippen LogP contribution in [0.1, 0.15) is 38.5 Å². The zero-order valence-electron chi connectivity index (χ0n) is 16.1. The molecule has 3 aliphatic rings. The van der Waals surface area contributed by atoms with Gasteiger partial charge < -0.3 is 19.5 Å². The van der Waals surface area contributed by atoms with E-state index in [2.05, 4.69) is 14.9 Å². The van der Waals surface area contributed by atoms with E-state index in [1.807, 2.05) is 6.07 Å². The molecule has 1 atom stereocenters. The van der Waals surface area contributed by atoms with Gasteiger partial charge >= 0.3 is 12.1 Å². The lowest BCUT2D eigenvalue weighted by atomic mass is 9.85. The van der Waals surface area contributed by atoms with Crippen molar-refractivity contribution in [2.45, 2.75) is 56.4 Å². The Morgan fingerprint density at radius 1 is 1.24 bits per heavy atom. The van der Waals surface area contributed by atoms with E-state index in [4.69, 9.17) is 19.4 Å². The van der Waals surface area contributed by atoms with Gasteiger partial charge in [0.05, 0.1) is 19.2 Å². The summed E-state index contributed by atoms with van der Waals surface area (Å²) in [6.45, 7) is 3.55. The van der Waals surface area contributed by atoms with Crippen molar-refractivity contribution in [3.05, 3.63) is 18.5 Å². The van der Waals surface area contributed by atoms with Crippen LogP contribution >= 0.6 is 0 Å². The van der Waals surface area contributed by atoms with Crippen molar-refractivity contribution in [3.63, 3.8) is 0 Å². The molecule has 3 heterocycles. The van der Waals surface area contributed by atoms with Crippen LogP contribution in [0.5, 0.6) is 0 Å². The Kier molecular flexibility index (Phi) is 6.94. The molecule has 0 bridgehead atoms. The van der Waals surface area contributed by atoms with E-state index in [-0.39, 0.29) is 5.60 Å². The molecule has 0 aromatic carbocycles. The highest BCUT2D eigenvalue weighted by Gasteiger charge is 2.48. The van der Waals surface area contributed by atoms with E-state index < -0.39 is 12.1 Å². The van der Waals surface area contributed by atoms with E-state index in [1.54, 1.807) is 12.4 Å². The van der Waals surface area contributed by atoms with Crippen molar-refractivity contribution >= 4 is 11.9 Å². The summed E-state index contributed by atoms with van der Waals surface area (Å²) in [5, 5.41) is 7.12. The van der Waals surface area contributed by atoms with Gasteiger partial charge in [0.15, 0.2) is 0 Å². The minimum atomic E-state index is -5.08. The number of aromatic nitrogens is 2. The van der Waals surface area contributed by atoms with Crippen LogP contribution in [0.25, 0.3) is 0 Å². The summed E-state index contributed by atoms with van der Waals surface area (Å²) in [5.74, 6) is -1.15. The highest BCUT2D eigenvalue weighted by molar-refractivity contribution is 5.73. The molecule has 7 nitrogen and oxygen atoms in total. The average Bonchev–Trinajstić information content (AvgIpc) is 3.19.